The van der Waals surface area contributed by atoms with E-state index < -0.39 is 0 Å². The van der Waals surface area contributed by atoms with E-state index >= 15 is 0 Å². The Bertz CT molecular complexity index is 3880. The van der Waals surface area contributed by atoms with Gasteiger partial charge in [-0.2, -0.15) is 0 Å². The molecule has 6 heteroatoms. The normalized spacial score (nSPS) is 13.1. The second-order valence-electron chi connectivity index (χ2n) is 19.4. The molecule has 1 aliphatic rings. The quantitative estimate of drug-likeness (QED) is 0.181. The monoisotopic (exact) mass is 818 g/mol. The smallest absolute Gasteiger partial charge is 0.198 e. The number of nitrogens with zero attached hydrogens (tertiary/aromatic N) is 1. The van der Waals surface area contributed by atoms with E-state index in [-0.39, 0.29) is 10.8 Å². The fourth-order valence-electron chi connectivity index (χ4n) is 10.4. The maximum absolute atomic E-state index is 6.62. The van der Waals surface area contributed by atoms with Gasteiger partial charge in [-0.1, -0.05) is 120 Å². The summed E-state index contributed by atoms with van der Waals surface area (Å²) >= 11 is 1.93. The number of furan rings is 2. The van der Waals surface area contributed by atoms with Gasteiger partial charge >= 0.3 is 0 Å². The number of para-hydroxylation sites is 2. The minimum atomic E-state index is -0.0148. The number of hydrogen-bond donors (Lipinski definition) is 1. The van der Waals surface area contributed by atoms with Gasteiger partial charge < -0.3 is 18.7 Å². The van der Waals surface area contributed by atoms with Gasteiger partial charge in [-0.15, -0.1) is 11.3 Å². The third kappa shape index (κ3) is 5.07. The topological polar surface area (TPSA) is 43.2 Å². The zero-order valence-electron chi connectivity index (χ0n) is 35.7. The maximum atomic E-state index is 6.62. The summed E-state index contributed by atoms with van der Waals surface area (Å²) < 4.78 is 18.4. The highest BCUT2D eigenvalue weighted by Gasteiger charge is 2.33. The highest BCUT2D eigenvalue weighted by Crippen LogP contribution is 2.50. The lowest BCUT2D eigenvalue weighted by molar-refractivity contribution is 0.590. The molecule has 298 valence electrons. The van der Waals surface area contributed by atoms with Crippen LogP contribution in [0.5, 0.6) is 0 Å². The Hall–Kier alpha value is -6.76. The zero-order chi connectivity index (χ0) is 41.8. The van der Waals surface area contributed by atoms with E-state index in [1.54, 1.807) is 0 Å². The van der Waals surface area contributed by atoms with Crippen LogP contribution in [0.25, 0.3) is 103 Å². The van der Waals surface area contributed by atoms with E-state index in [2.05, 4.69) is 191 Å². The Balaban J connectivity index is 1.21. The molecule has 0 bridgehead atoms. The van der Waals surface area contributed by atoms with E-state index in [9.17, 15) is 0 Å². The van der Waals surface area contributed by atoms with Crippen LogP contribution in [0.2, 0.25) is 0 Å². The third-order valence-corrected chi connectivity index (χ3v) is 14.7. The largest absolute Gasteiger partial charge is 0.456 e. The third-order valence-electron chi connectivity index (χ3n) is 13.5. The van der Waals surface area contributed by atoms with E-state index in [0.29, 0.717) is 0 Å². The van der Waals surface area contributed by atoms with E-state index in [0.717, 1.165) is 68.1 Å². The molecule has 8 aromatic carbocycles. The Morgan fingerprint density at radius 3 is 1.89 bits per heavy atom. The first-order valence-corrected chi connectivity index (χ1v) is 22.5. The summed E-state index contributed by atoms with van der Waals surface area (Å²) in [5, 5.41) is 13.7. The van der Waals surface area contributed by atoms with Crippen LogP contribution in [0.1, 0.15) is 52.7 Å². The van der Waals surface area contributed by atoms with Crippen molar-refractivity contribution in [3.63, 3.8) is 0 Å². The van der Waals surface area contributed by atoms with Gasteiger partial charge in [-0.25, -0.2) is 0 Å². The Morgan fingerprint density at radius 1 is 0.548 bits per heavy atom. The molecular formula is C56H43BN2O2S. The molecule has 0 saturated carbocycles. The Labute approximate surface area is 363 Å². The highest BCUT2D eigenvalue weighted by atomic mass is 32.1. The van der Waals surface area contributed by atoms with Gasteiger partial charge in [0.05, 0.1) is 16.7 Å². The van der Waals surface area contributed by atoms with Crippen LogP contribution in [0.4, 0.5) is 11.4 Å². The maximum Gasteiger partial charge on any atom is 0.198 e. The summed E-state index contributed by atoms with van der Waals surface area (Å²) in [7, 11) is 0.751. The molecule has 1 N–H and O–H groups in total. The molecule has 0 amide bonds. The van der Waals surface area contributed by atoms with Gasteiger partial charge in [0, 0.05) is 75.5 Å². The van der Waals surface area contributed by atoms with Crippen molar-refractivity contribution >= 4 is 127 Å². The number of rotatable bonds is 3. The van der Waals surface area contributed by atoms with Crippen LogP contribution in [0, 0.1) is 0 Å². The van der Waals surface area contributed by atoms with Crippen molar-refractivity contribution in [1.82, 2.24) is 4.57 Å². The molecule has 4 nitrogen and oxygen atoms in total. The predicted octanol–water partition coefficient (Wildman–Crippen LogP) is 14.7. The van der Waals surface area contributed by atoms with Crippen molar-refractivity contribution < 1.29 is 8.83 Å². The first-order chi connectivity index (χ1) is 30.0. The second kappa shape index (κ2) is 12.4. The number of aromatic nitrogens is 1. The van der Waals surface area contributed by atoms with Gasteiger partial charge in [0.25, 0.3) is 0 Å². The van der Waals surface area contributed by atoms with Crippen molar-refractivity contribution in [2.45, 2.75) is 52.4 Å². The molecule has 12 aromatic rings. The van der Waals surface area contributed by atoms with Crippen molar-refractivity contribution in [2.24, 2.45) is 0 Å². The fourth-order valence-corrected chi connectivity index (χ4v) is 11.6. The molecule has 5 heterocycles. The molecule has 0 saturated heterocycles. The summed E-state index contributed by atoms with van der Waals surface area (Å²) in [6.45, 7) is 13.8. The minimum absolute atomic E-state index is 0.0148. The van der Waals surface area contributed by atoms with E-state index in [1.807, 2.05) is 11.3 Å². The molecule has 0 unspecified atom stereocenters. The zero-order valence-corrected chi connectivity index (χ0v) is 36.5. The summed E-state index contributed by atoms with van der Waals surface area (Å²) in [5.41, 5.74) is 17.1. The van der Waals surface area contributed by atoms with Gasteiger partial charge in [0.15, 0.2) is 7.28 Å². The summed E-state index contributed by atoms with van der Waals surface area (Å²) in [4.78, 5) is 0. The second-order valence-corrected chi connectivity index (χ2v) is 20.4. The lowest BCUT2D eigenvalue weighted by Gasteiger charge is -2.25. The van der Waals surface area contributed by atoms with Crippen LogP contribution in [0.15, 0.2) is 148 Å². The van der Waals surface area contributed by atoms with Gasteiger partial charge in [-0.05, 0) is 93.6 Å². The molecule has 0 aliphatic carbocycles. The summed E-state index contributed by atoms with van der Waals surface area (Å²) in [5.74, 6) is 0. The molecule has 0 fully saturated rings. The highest BCUT2D eigenvalue weighted by molar-refractivity contribution is 7.27. The van der Waals surface area contributed by atoms with Crippen LogP contribution in [0.3, 0.4) is 0 Å². The minimum Gasteiger partial charge on any atom is -0.456 e. The number of hydrogen-bond acceptors (Lipinski definition) is 4. The first-order valence-electron chi connectivity index (χ1n) is 21.7. The molecule has 0 atom stereocenters. The Kier molecular flexibility index (Phi) is 7.21. The molecule has 1 aliphatic heterocycles. The number of anilines is 2. The van der Waals surface area contributed by atoms with Crippen molar-refractivity contribution in [2.75, 3.05) is 5.32 Å². The van der Waals surface area contributed by atoms with E-state index in [4.69, 9.17) is 8.83 Å². The summed E-state index contributed by atoms with van der Waals surface area (Å²) in [6.07, 6.45) is 0. The molecule has 62 heavy (non-hydrogen) atoms. The number of thiophene rings is 1. The fraction of sp³-hybridized carbons (Fsp3) is 0.143. The lowest BCUT2D eigenvalue weighted by Crippen LogP contribution is -2.37. The van der Waals surface area contributed by atoms with Gasteiger partial charge in [-0.3, -0.25) is 0 Å². The first kappa shape index (κ1) is 35.9. The van der Waals surface area contributed by atoms with E-state index in [1.165, 1.54) is 75.3 Å². The van der Waals surface area contributed by atoms with Crippen molar-refractivity contribution in [1.29, 1.82) is 0 Å². The Morgan fingerprint density at radius 2 is 1.18 bits per heavy atom. The van der Waals surface area contributed by atoms with Crippen molar-refractivity contribution in [3.8, 4) is 16.8 Å². The van der Waals surface area contributed by atoms with Crippen molar-refractivity contribution in [3.05, 3.63) is 151 Å². The number of nitrogens with one attached hydrogen (secondary N) is 1. The number of fused-ring (bicyclic) bond motifs is 15. The molecule has 0 radical (unpaired) electrons. The summed E-state index contributed by atoms with van der Waals surface area (Å²) in [6, 6.07) is 51.4. The van der Waals surface area contributed by atoms with Crippen LogP contribution < -0.4 is 16.2 Å². The van der Waals surface area contributed by atoms with Gasteiger partial charge in [0.2, 0.25) is 0 Å². The molecule has 4 aromatic heterocycles. The average Bonchev–Trinajstić information content (AvgIpc) is 4.01. The molecule has 13 rings (SSSR count). The van der Waals surface area contributed by atoms with Gasteiger partial charge in [0.1, 0.15) is 22.3 Å². The molecule has 0 spiro atoms. The average molecular weight is 819 g/mol. The predicted molar refractivity (Wildman–Crippen MR) is 267 cm³/mol. The van der Waals surface area contributed by atoms with Crippen LogP contribution >= 0.6 is 11.3 Å². The lowest BCUT2D eigenvalue weighted by atomic mass is 9.58. The van der Waals surface area contributed by atoms with Crippen LogP contribution in [-0.4, -0.2) is 11.8 Å². The number of benzene rings is 8. The standard InChI is InChI=1S/C56H43BN2O2S/c1-55(2,3)30-19-22-32(23-20-30)58-41-29-47-36(33-13-7-10-16-44(33)61-47)26-38(41)49-50-35-15-9-12-18-48(35)62-54(50)51-39-25-31(56(4,5)6)21-24-42(39)59-43-27-37-34-14-8-11-17-45(34)60-46(37)28-40(43)57-52(49)53(51)59/h7-29,57-58H,1-6H3. The SMILES string of the molecule is CC(C)(C)c1ccc(Nc2cc3oc4ccccc4c3cc2-c2c3c4c(c5cc(C(C)(C)C)ccc5n4-c4cc5c(cc4B3)oc3ccccc35)c3sc4ccccc4c23)cc1. The molecular weight excluding hydrogens is 776 g/mol. The van der Waals surface area contributed by atoms with Crippen LogP contribution in [-0.2, 0) is 10.8 Å².